The van der Waals surface area contributed by atoms with Crippen molar-refractivity contribution in [3.8, 4) is 0 Å². The fraction of sp³-hybridized carbons (Fsp3) is 0.800. The van der Waals surface area contributed by atoms with Crippen LogP contribution in [-0.4, -0.2) is 48.4 Å². The molecular formula is C10H2Cl19FO5S. The molecule has 5 nitrogen and oxygen atoms in total. The summed E-state index contributed by atoms with van der Waals surface area (Å²) >= 11 is 113. The molecule has 0 rings (SSSR count). The van der Waals surface area contributed by atoms with Crippen molar-refractivity contribution in [2.75, 3.05) is 0 Å². The number of hydrogen-bond donors (Lipinski definition) is 1. The van der Waals surface area contributed by atoms with Crippen molar-refractivity contribution in [2.45, 2.75) is 35.5 Å². The van der Waals surface area contributed by atoms with Gasteiger partial charge in [0.25, 0.3) is 3.67 Å². The summed E-state index contributed by atoms with van der Waals surface area (Å²) in [6.07, 6.45) is 0. The molecule has 0 aliphatic rings. The molecule has 36 heavy (non-hydrogen) atoms. The number of rotatable bonds is 10. The smallest absolute Gasteiger partial charge is 0.283 e. The summed E-state index contributed by atoms with van der Waals surface area (Å²) in [6.45, 7) is 0. The summed E-state index contributed by atoms with van der Waals surface area (Å²) in [5.41, 5.74) is 0. The predicted octanol–water partition coefficient (Wildman–Crippen LogP) is 11.1. The van der Waals surface area contributed by atoms with Gasteiger partial charge in [0.15, 0.2) is 9.21 Å². The Morgan fingerprint density at radius 2 is 1.00 bits per heavy atom. The minimum absolute atomic E-state index is 0. The van der Waals surface area contributed by atoms with Gasteiger partial charge in [-0.25, -0.2) is 4.29 Å². The highest BCUT2D eigenvalue weighted by Crippen LogP contribution is 2.73. The summed E-state index contributed by atoms with van der Waals surface area (Å²) in [6, 6.07) is 0. The lowest BCUT2D eigenvalue weighted by molar-refractivity contribution is 0.0582. The van der Waals surface area contributed by atoms with Gasteiger partial charge < -0.3 is 0 Å². The Balaban J connectivity index is 0. The standard InChI is InChI=1S/C10HCl19O5S.FH/c11-1(2(12)13)3(14,33-28)5(16,17)4(15,9(23,24)25)8(22,34-29)6(18,19)7(20,21)10(26,27)35(30,31)32;/h(H,30,31,32);1H. The molecule has 1 N–H and O–H groups in total. The Labute approximate surface area is 298 Å². The second-order valence-electron chi connectivity index (χ2n) is 5.79. The second-order valence-corrected chi connectivity index (χ2v) is 18.7. The van der Waals surface area contributed by atoms with Crippen molar-refractivity contribution >= 4 is 231 Å². The van der Waals surface area contributed by atoms with Crippen LogP contribution < -0.4 is 0 Å². The average Bonchev–Trinajstić information content (AvgIpc) is 2.68. The zero-order chi connectivity index (χ0) is 29.1. The van der Waals surface area contributed by atoms with Crippen LogP contribution in [0.3, 0.4) is 0 Å². The van der Waals surface area contributed by atoms with Crippen LogP contribution in [-0.2, 0) is 18.7 Å². The molecule has 0 aromatic heterocycles. The Kier molecular flexibility index (Phi) is 16.2. The Morgan fingerprint density at radius 1 is 0.639 bits per heavy atom. The third-order valence-electron chi connectivity index (χ3n) is 3.82. The highest BCUT2D eigenvalue weighted by Gasteiger charge is 2.87. The van der Waals surface area contributed by atoms with E-state index in [0.29, 0.717) is 0 Å². The summed E-state index contributed by atoms with van der Waals surface area (Å²) in [5, 5.41) is -7.93. The van der Waals surface area contributed by atoms with Gasteiger partial charge in [0.2, 0.25) is 22.6 Å². The molecule has 0 saturated heterocycles. The second kappa shape index (κ2) is 13.6. The van der Waals surface area contributed by atoms with Crippen LogP contribution in [0.5, 0.6) is 0 Å². The summed E-state index contributed by atoms with van der Waals surface area (Å²) in [4.78, 5) is -3.62. The highest BCUT2D eigenvalue weighted by atomic mass is 35.6. The lowest BCUT2D eigenvalue weighted by atomic mass is 9.89. The Bertz CT molecular complexity index is 947. The lowest BCUT2D eigenvalue weighted by Crippen LogP contribution is -2.78. The van der Waals surface area contributed by atoms with Gasteiger partial charge in [-0.2, -0.15) is 8.42 Å². The zero-order valence-corrected chi connectivity index (χ0v) is 30.3. The monoisotopic (exact) mass is 917 g/mol. The van der Waals surface area contributed by atoms with Crippen molar-refractivity contribution in [3.05, 3.63) is 9.52 Å². The molecular weight excluding hydrogens is 925 g/mol. The molecule has 0 saturated carbocycles. The van der Waals surface area contributed by atoms with Crippen LogP contribution in [0.1, 0.15) is 0 Å². The Hall–Kier alpha value is 5.01. The maximum Gasteiger partial charge on any atom is 0.302 e. The largest absolute Gasteiger partial charge is 0.302 e. The first kappa shape index (κ1) is 43.1. The maximum absolute atomic E-state index is 11.8. The first-order valence-electron chi connectivity index (χ1n) is 6.90. The van der Waals surface area contributed by atoms with E-state index < -0.39 is 55.1 Å². The molecule has 0 aliphatic carbocycles. The SMILES string of the molecule is F.O=S(=O)(O)C(Cl)(Cl)C(Cl)(Cl)C(Cl)(Cl)C(Cl)(OCl)C(Cl)(C(Cl)(Cl)Cl)C(Cl)(Cl)C(Cl)(OCl)C(Cl)=C(Cl)Cl. The van der Waals surface area contributed by atoms with Gasteiger partial charge in [0.1, 0.15) is 9.52 Å². The molecule has 218 valence electrons. The minimum Gasteiger partial charge on any atom is -0.283 e. The van der Waals surface area contributed by atoms with Crippen molar-refractivity contribution < 1.29 is 26.3 Å². The first-order valence-corrected chi connectivity index (χ1v) is 15.4. The molecule has 3 atom stereocenters. The summed E-state index contributed by atoms with van der Waals surface area (Å²) in [5.74, 6) is 0. The summed E-state index contributed by atoms with van der Waals surface area (Å²) < 4.78 is 23.3. The normalized spacial score (nSPS) is 19.4. The van der Waals surface area contributed by atoms with E-state index in [1.165, 1.54) is 0 Å². The van der Waals surface area contributed by atoms with Crippen molar-refractivity contribution in [2.24, 2.45) is 0 Å². The van der Waals surface area contributed by atoms with Gasteiger partial charge in [-0.05, 0) is 0 Å². The molecule has 0 bridgehead atoms. The molecule has 3 unspecified atom stereocenters. The number of alkyl halides is 14. The fourth-order valence-corrected chi connectivity index (χ4v) is 9.24. The van der Waals surface area contributed by atoms with E-state index in [2.05, 4.69) is 8.58 Å². The predicted molar refractivity (Wildman–Crippen MR) is 156 cm³/mol. The van der Waals surface area contributed by atoms with Crippen LogP contribution in [0.25, 0.3) is 0 Å². The quantitative estimate of drug-likeness (QED) is 0.175. The Morgan fingerprint density at radius 3 is 1.22 bits per heavy atom. The van der Waals surface area contributed by atoms with E-state index in [9.17, 15) is 13.0 Å². The van der Waals surface area contributed by atoms with E-state index in [-0.39, 0.29) is 4.70 Å². The van der Waals surface area contributed by atoms with Gasteiger partial charge in [-0.3, -0.25) is 13.5 Å². The van der Waals surface area contributed by atoms with Crippen LogP contribution in [0, 0.1) is 0 Å². The maximum atomic E-state index is 11.8. The van der Waals surface area contributed by atoms with Gasteiger partial charge >= 0.3 is 10.1 Å². The molecule has 26 heteroatoms. The number of halogens is 20. The molecule has 0 spiro atoms. The van der Waals surface area contributed by atoms with Crippen molar-refractivity contribution in [1.82, 2.24) is 0 Å². The molecule has 0 aromatic rings. The van der Waals surface area contributed by atoms with Crippen molar-refractivity contribution in [1.29, 1.82) is 0 Å². The zero-order valence-electron chi connectivity index (χ0n) is 15.1. The van der Waals surface area contributed by atoms with E-state index in [0.717, 1.165) is 0 Å². The van der Waals surface area contributed by atoms with Crippen LogP contribution >= 0.6 is 221 Å². The minimum atomic E-state index is -5.69. The van der Waals surface area contributed by atoms with E-state index >= 15 is 0 Å². The molecule has 0 aromatic carbocycles. The van der Waals surface area contributed by atoms with Gasteiger partial charge in [0.05, 0.1) is 23.7 Å². The molecule has 0 amide bonds. The van der Waals surface area contributed by atoms with E-state index in [1.807, 2.05) is 0 Å². The van der Waals surface area contributed by atoms with Crippen molar-refractivity contribution in [3.63, 3.8) is 0 Å². The fourth-order valence-electron chi connectivity index (χ4n) is 1.99. The third-order valence-corrected chi connectivity index (χ3v) is 16.4. The molecule has 0 heterocycles. The third kappa shape index (κ3) is 6.51. The van der Waals surface area contributed by atoms with Crippen LogP contribution in [0.4, 0.5) is 4.70 Å². The van der Waals surface area contributed by atoms with Crippen LogP contribution in [0.2, 0.25) is 0 Å². The molecule has 0 aliphatic heterocycles. The molecule has 0 radical (unpaired) electrons. The summed E-state index contributed by atoms with van der Waals surface area (Å²) in [7, 11) is -5.69. The van der Waals surface area contributed by atoms with Gasteiger partial charge in [0, 0.05) is 0 Å². The van der Waals surface area contributed by atoms with Crippen LogP contribution in [0.15, 0.2) is 9.52 Å². The topological polar surface area (TPSA) is 72.8 Å². The first-order chi connectivity index (χ1) is 15.0. The van der Waals surface area contributed by atoms with Gasteiger partial charge in [-0.15, -0.1) is 11.6 Å². The average molecular weight is 927 g/mol. The van der Waals surface area contributed by atoms with E-state index in [1.54, 1.807) is 0 Å². The highest BCUT2D eigenvalue weighted by molar-refractivity contribution is 7.90. The molecule has 0 fully saturated rings. The number of hydrogen-bond acceptors (Lipinski definition) is 4. The van der Waals surface area contributed by atoms with E-state index in [4.69, 9.17) is 221 Å². The van der Waals surface area contributed by atoms with Gasteiger partial charge in [-0.1, -0.05) is 186 Å². The lowest BCUT2D eigenvalue weighted by Gasteiger charge is -2.58.